The first-order valence-electron chi connectivity index (χ1n) is 6.45. The number of carbonyl (C=O) groups is 1. The van der Waals surface area contributed by atoms with Crippen LogP contribution in [0, 0.1) is 20.2 Å². The molecule has 0 fully saturated rings. The van der Waals surface area contributed by atoms with E-state index in [9.17, 15) is 34.6 Å². The lowest BCUT2D eigenvalue weighted by molar-refractivity contribution is -0.394. The van der Waals surface area contributed by atoms with Gasteiger partial charge in [0, 0.05) is 12.3 Å². The van der Waals surface area contributed by atoms with E-state index < -0.39 is 45.0 Å². The second-order valence-corrected chi connectivity index (χ2v) is 4.49. The normalized spacial score (nSPS) is 10.1. The molecule has 0 unspecified atom stereocenters. The van der Waals surface area contributed by atoms with Crippen LogP contribution in [0.15, 0.2) is 34.0 Å². The van der Waals surface area contributed by atoms with Crippen LogP contribution in [-0.4, -0.2) is 32.3 Å². The molecular formula is C12H9N5O8. The first-order valence-corrected chi connectivity index (χ1v) is 6.45. The topological polar surface area (TPSA) is 190 Å². The molecule has 1 amide bonds. The highest BCUT2D eigenvalue weighted by Crippen LogP contribution is 2.30. The van der Waals surface area contributed by atoms with Crippen LogP contribution in [0.4, 0.5) is 17.1 Å². The van der Waals surface area contributed by atoms with Crippen molar-refractivity contribution in [2.45, 2.75) is 0 Å². The number of amides is 1. The molecule has 3 N–H and O–H groups in total. The van der Waals surface area contributed by atoms with Crippen LogP contribution in [0.5, 0.6) is 5.75 Å². The van der Waals surface area contributed by atoms with Gasteiger partial charge in [-0.05, 0) is 6.07 Å². The fourth-order valence-electron chi connectivity index (χ4n) is 1.72. The molecule has 0 saturated heterocycles. The predicted molar refractivity (Wildman–Crippen MR) is 81.6 cm³/mol. The van der Waals surface area contributed by atoms with Crippen molar-refractivity contribution in [3.63, 3.8) is 0 Å². The number of nitrogens with one attached hydrogen (secondary N) is 3. The van der Waals surface area contributed by atoms with Gasteiger partial charge < -0.3 is 15.0 Å². The molecular weight excluding hydrogens is 342 g/mol. The summed E-state index contributed by atoms with van der Waals surface area (Å²) in [6.07, 6.45) is 0.966. The molecule has 2 rings (SSSR count). The number of nitro benzene ring substituents is 2. The molecule has 130 valence electrons. The van der Waals surface area contributed by atoms with E-state index in [1.807, 2.05) is 4.98 Å². The van der Waals surface area contributed by atoms with Crippen LogP contribution < -0.4 is 21.3 Å². The van der Waals surface area contributed by atoms with E-state index in [-0.39, 0.29) is 11.4 Å². The molecule has 13 heteroatoms. The largest absolute Gasteiger partial charge is 0.477 e. The summed E-state index contributed by atoms with van der Waals surface area (Å²) < 4.78 is 4.97. The van der Waals surface area contributed by atoms with E-state index >= 15 is 0 Å². The van der Waals surface area contributed by atoms with Crippen molar-refractivity contribution in [3.05, 3.63) is 65.5 Å². The zero-order chi connectivity index (χ0) is 18.6. The van der Waals surface area contributed by atoms with Crippen LogP contribution in [0.3, 0.4) is 0 Å². The Morgan fingerprint density at radius 3 is 2.52 bits per heavy atom. The van der Waals surface area contributed by atoms with Crippen LogP contribution in [0.1, 0.15) is 0 Å². The maximum absolute atomic E-state index is 11.7. The number of anilines is 1. The number of rotatable bonds is 6. The van der Waals surface area contributed by atoms with Crippen molar-refractivity contribution in [1.82, 2.24) is 9.97 Å². The van der Waals surface area contributed by atoms with Crippen LogP contribution in [0.25, 0.3) is 0 Å². The zero-order valence-corrected chi connectivity index (χ0v) is 12.2. The van der Waals surface area contributed by atoms with Gasteiger partial charge >= 0.3 is 11.4 Å². The van der Waals surface area contributed by atoms with Crippen molar-refractivity contribution in [2.24, 2.45) is 0 Å². The van der Waals surface area contributed by atoms with Gasteiger partial charge in [-0.25, -0.2) is 4.79 Å². The first-order chi connectivity index (χ1) is 11.8. The molecule has 13 nitrogen and oxygen atoms in total. The van der Waals surface area contributed by atoms with Crippen molar-refractivity contribution < 1.29 is 19.4 Å². The molecule has 1 heterocycles. The van der Waals surface area contributed by atoms with Gasteiger partial charge in [0.2, 0.25) is 0 Å². The Hall–Kier alpha value is -4.03. The number of H-pyrrole nitrogens is 2. The molecule has 25 heavy (non-hydrogen) atoms. The summed E-state index contributed by atoms with van der Waals surface area (Å²) in [4.78, 5) is 57.9. The number of benzene rings is 1. The highest BCUT2D eigenvalue weighted by molar-refractivity contribution is 5.91. The molecule has 0 saturated carbocycles. The fraction of sp³-hybridized carbons (Fsp3) is 0.0833. The number of non-ortho nitro benzene ring substituents is 1. The summed E-state index contributed by atoms with van der Waals surface area (Å²) in [5.41, 5.74) is -3.07. The van der Waals surface area contributed by atoms with Crippen molar-refractivity contribution in [2.75, 3.05) is 11.9 Å². The SMILES string of the molecule is O=C(COc1ccc([N+](=O)[O-])cc1[N+](=O)[O-])Nc1c[nH]c(=O)[nH]c1=O. The lowest BCUT2D eigenvalue weighted by Gasteiger charge is -2.07. The van der Waals surface area contributed by atoms with E-state index in [2.05, 4.69) is 10.3 Å². The summed E-state index contributed by atoms with van der Waals surface area (Å²) in [7, 11) is 0. The molecule has 0 radical (unpaired) electrons. The quantitative estimate of drug-likeness (QED) is 0.474. The van der Waals surface area contributed by atoms with Crippen molar-refractivity contribution in [3.8, 4) is 5.75 Å². The maximum Gasteiger partial charge on any atom is 0.325 e. The predicted octanol–water partition coefficient (Wildman–Crippen LogP) is -0.103. The Balaban J connectivity index is 2.11. The van der Waals surface area contributed by atoms with Crippen LogP contribution >= 0.6 is 0 Å². The summed E-state index contributed by atoms with van der Waals surface area (Å²) in [6.45, 7) is -0.711. The number of ether oxygens (including phenoxy) is 1. The average Bonchev–Trinajstić information content (AvgIpc) is 2.55. The third-order valence-electron chi connectivity index (χ3n) is 2.80. The molecule has 0 spiro atoms. The summed E-state index contributed by atoms with van der Waals surface area (Å²) in [6, 6.07) is 2.66. The zero-order valence-electron chi connectivity index (χ0n) is 12.2. The lowest BCUT2D eigenvalue weighted by atomic mass is 10.2. The number of nitrogens with zero attached hydrogens (tertiary/aromatic N) is 2. The highest BCUT2D eigenvalue weighted by atomic mass is 16.6. The van der Waals surface area contributed by atoms with E-state index in [0.717, 1.165) is 18.3 Å². The number of aromatic nitrogens is 2. The highest BCUT2D eigenvalue weighted by Gasteiger charge is 2.21. The van der Waals surface area contributed by atoms with Gasteiger partial charge in [0.25, 0.3) is 17.2 Å². The minimum absolute atomic E-state index is 0.258. The van der Waals surface area contributed by atoms with E-state index in [4.69, 9.17) is 4.74 Å². The number of carbonyl (C=O) groups excluding carboxylic acids is 1. The van der Waals surface area contributed by atoms with E-state index in [1.165, 1.54) is 0 Å². The van der Waals surface area contributed by atoms with Crippen LogP contribution in [0.2, 0.25) is 0 Å². The van der Waals surface area contributed by atoms with E-state index in [1.54, 1.807) is 0 Å². The van der Waals surface area contributed by atoms with E-state index in [0.29, 0.717) is 6.07 Å². The average molecular weight is 351 g/mol. The third-order valence-corrected chi connectivity index (χ3v) is 2.80. The van der Waals surface area contributed by atoms with Gasteiger partial charge in [-0.1, -0.05) is 0 Å². The van der Waals surface area contributed by atoms with Gasteiger partial charge in [0.15, 0.2) is 12.4 Å². The summed E-state index contributed by atoms with van der Waals surface area (Å²) in [5.74, 6) is -1.20. The fourth-order valence-corrected chi connectivity index (χ4v) is 1.72. The minimum atomic E-state index is -0.896. The molecule has 0 aliphatic heterocycles. The third kappa shape index (κ3) is 4.25. The Labute approximate surface area is 136 Å². The van der Waals surface area contributed by atoms with Gasteiger partial charge in [0.1, 0.15) is 5.69 Å². The second kappa shape index (κ2) is 7.03. The molecule has 0 aliphatic carbocycles. The maximum atomic E-state index is 11.7. The van der Waals surface area contributed by atoms with Gasteiger partial charge in [-0.2, -0.15) is 0 Å². The Morgan fingerprint density at radius 2 is 1.92 bits per heavy atom. The molecule has 1 aromatic heterocycles. The Kier molecular flexibility index (Phi) is 4.87. The van der Waals surface area contributed by atoms with Gasteiger partial charge in [0.05, 0.1) is 15.9 Å². The standard InChI is InChI=1S/C12H9N5O8/c18-10(14-7-4-13-12(20)15-11(7)19)5-25-9-2-1-6(16(21)22)3-8(9)17(23)24/h1-4H,5H2,(H,14,18)(H2,13,15,19,20). The monoisotopic (exact) mass is 351 g/mol. The minimum Gasteiger partial charge on any atom is -0.477 e. The van der Waals surface area contributed by atoms with Gasteiger partial charge in [-0.3, -0.25) is 34.8 Å². The molecule has 0 bridgehead atoms. The Bertz CT molecular complexity index is 962. The molecule has 1 aromatic carbocycles. The van der Waals surface area contributed by atoms with Gasteiger partial charge in [-0.15, -0.1) is 0 Å². The number of nitro groups is 2. The summed E-state index contributed by atoms with van der Waals surface area (Å²) in [5, 5.41) is 23.7. The second-order valence-electron chi connectivity index (χ2n) is 4.49. The summed E-state index contributed by atoms with van der Waals surface area (Å²) >= 11 is 0. The van der Waals surface area contributed by atoms with Crippen LogP contribution in [-0.2, 0) is 4.79 Å². The number of hydrogen-bond donors (Lipinski definition) is 3. The van der Waals surface area contributed by atoms with Crippen molar-refractivity contribution >= 4 is 23.0 Å². The lowest BCUT2D eigenvalue weighted by Crippen LogP contribution is -2.28. The molecule has 0 atom stereocenters. The Morgan fingerprint density at radius 1 is 1.20 bits per heavy atom. The number of aromatic amines is 2. The van der Waals surface area contributed by atoms with Crippen molar-refractivity contribution in [1.29, 1.82) is 0 Å². The number of hydrogen-bond acceptors (Lipinski definition) is 8. The smallest absolute Gasteiger partial charge is 0.325 e. The molecule has 0 aliphatic rings. The molecule has 2 aromatic rings. The first kappa shape index (κ1) is 17.3.